The first-order valence-corrected chi connectivity index (χ1v) is 7.72. The van der Waals surface area contributed by atoms with E-state index in [-0.39, 0.29) is 0 Å². The number of rotatable bonds is 2. The number of hydrogen-bond donors (Lipinski definition) is 1. The zero-order valence-electron chi connectivity index (χ0n) is 11.5. The molecule has 0 spiro atoms. The first-order valence-electron chi connectivity index (χ1n) is 6.90. The summed E-state index contributed by atoms with van der Waals surface area (Å²) in [6.07, 6.45) is 5.32. The third-order valence-corrected chi connectivity index (χ3v) is 4.93. The molecular formula is C14H20N4S. The first-order chi connectivity index (χ1) is 9.20. The number of nitrogens with two attached hydrogens (primary N) is 1. The van der Waals surface area contributed by atoms with E-state index in [2.05, 4.69) is 34.8 Å². The normalized spacial score (nSPS) is 24.1. The van der Waals surface area contributed by atoms with E-state index < -0.39 is 0 Å². The smallest absolute Gasteiger partial charge is 0.141 e. The second-order valence-corrected chi connectivity index (χ2v) is 6.58. The molecule has 1 saturated heterocycles. The summed E-state index contributed by atoms with van der Waals surface area (Å²) in [5, 5.41) is 1.18. The topological polar surface area (TPSA) is 55.0 Å². The molecule has 2 unspecified atom stereocenters. The van der Waals surface area contributed by atoms with E-state index in [1.807, 2.05) is 0 Å². The quantitative estimate of drug-likeness (QED) is 0.916. The maximum Gasteiger partial charge on any atom is 0.141 e. The van der Waals surface area contributed by atoms with E-state index in [0.29, 0.717) is 18.6 Å². The van der Waals surface area contributed by atoms with Gasteiger partial charge in [0.15, 0.2) is 0 Å². The SMILES string of the molecule is Cc1cc2c(N3C(C)CCCC3CN)ncnc2s1. The van der Waals surface area contributed by atoms with Gasteiger partial charge in [-0.25, -0.2) is 9.97 Å². The molecule has 0 radical (unpaired) electrons. The Balaban J connectivity index is 2.10. The van der Waals surface area contributed by atoms with Gasteiger partial charge in [0, 0.05) is 23.5 Å². The van der Waals surface area contributed by atoms with Crippen LogP contribution in [0.4, 0.5) is 5.82 Å². The highest BCUT2D eigenvalue weighted by Crippen LogP contribution is 2.34. The van der Waals surface area contributed by atoms with Gasteiger partial charge < -0.3 is 10.6 Å². The van der Waals surface area contributed by atoms with Crippen molar-refractivity contribution in [3.05, 3.63) is 17.3 Å². The number of aromatic nitrogens is 2. The van der Waals surface area contributed by atoms with Crippen molar-refractivity contribution in [1.29, 1.82) is 0 Å². The van der Waals surface area contributed by atoms with Crippen molar-refractivity contribution in [1.82, 2.24) is 9.97 Å². The highest BCUT2D eigenvalue weighted by Gasteiger charge is 2.29. The third-order valence-electron chi connectivity index (χ3n) is 3.98. The number of piperidine rings is 1. The van der Waals surface area contributed by atoms with Crippen LogP contribution in [0.3, 0.4) is 0 Å². The minimum Gasteiger partial charge on any atom is -0.349 e. The molecule has 0 bridgehead atoms. The molecule has 2 aromatic rings. The van der Waals surface area contributed by atoms with Gasteiger partial charge in [-0.2, -0.15) is 0 Å². The van der Waals surface area contributed by atoms with Crippen LogP contribution in [0.5, 0.6) is 0 Å². The number of hydrogen-bond acceptors (Lipinski definition) is 5. The molecule has 2 aromatic heterocycles. The minimum atomic E-state index is 0.405. The van der Waals surface area contributed by atoms with Gasteiger partial charge in [-0.1, -0.05) is 0 Å². The Bertz CT molecular complexity index is 580. The van der Waals surface area contributed by atoms with Crippen LogP contribution in [-0.4, -0.2) is 28.6 Å². The monoisotopic (exact) mass is 276 g/mol. The maximum atomic E-state index is 5.96. The molecule has 1 aliphatic heterocycles. The molecule has 3 heterocycles. The first kappa shape index (κ1) is 12.8. The maximum absolute atomic E-state index is 5.96. The van der Waals surface area contributed by atoms with Crippen molar-refractivity contribution >= 4 is 27.4 Å². The molecule has 2 N–H and O–H groups in total. The van der Waals surface area contributed by atoms with Crippen molar-refractivity contribution in [3.63, 3.8) is 0 Å². The molecule has 0 aromatic carbocycles. The molecule has 2 atom stereocenters. The average molecular weight is 276 g/mol. The van der Waals surface area contributed by atoms with E-state index in [1.54, 1.807) is 17.7 Å². The summed E-state index contributed by atoms with van der Waals surface area (Å²) in [6.45, 7) is 5.09. The lowest BCUT2D eigenvalue weighted by molar-refractivity contribution is 0.398. The van der Waals surface area contributed by atoms with E-state index in [0.717, 1.165) is 17.1 Å². The molecule has 0 amide bonds. The number of nitrogens with zero attached hydrogens (tertiary/aromatic N) is 3. The van der Waals surface area contributed by atoms with Crippen molar-refractivity contribution in [3.8, 4) is 0 Å². The summed E-state index contributed by atoms with van der Waals surface area (Å²) < 4.78 is 0. The molecule has 3 rings (SSSR count). The van der Waals surface area contributed by atoms with Crippen LogP contribution in [0.15, 0.2) is 12.4 Å². The molecule has 5 heteroatoms. The number of fused-ring (bicyclic) bond motifs is 1. The molecule has 0 saturated carbocycles. The fourth-order valence-corrected chi connectivity index (χ4v) is 3.91. The second kappa shape index (κ2) is 5.06. The molecule has 102 valence electrons. The summed E-state index contributed by atoms with van der Waals surface area (Å²) in [4.78, 5) is 13.7. The summed E-state index contributed by atoms with van der Waals surface area (Å²) in [7, 11) is 0. The molecule has 0 aliphatic carbocycles. The third kappa shape index (κ3) is 2.21. The lowest BCUT2D eigenvalue weighted by Gasteiger charge is -2.41. The number of anilines is 1. The zero-order valence-corrected chi connectivity index (χ0v) is 12.3. The van der Waals surface area contributed by atoms with Gasteiger partial charge in [-0.3, -0.25) is 0 Å². The Morgan fingerprint density at radius 3 is 3.05 bits per heavy atom. The van der Waals surface area contributed by atoms with Crippen molar-refractivity contribution in [2.45, 2.75) is 45.2 Å². The molecule has 19 heavy (non-hydrogen) atoms. The average Bonchev–Trinajstić information content (AvgIpc) is 2.78. The fourth-order valence-electron chi connectivity index (χ4n) is 3.07. The lowest BCUT2D eigenvalue weighted by Crippen LogP contribution is -2.49. The Morgan fingerprint density at radius 1 is 1.42 bits per heavy atom. The van der Waals surface area contributed by atoms with Gasteiger partial charge in [0.05, 0.1) is 5.39 Å². The van der Waals surface area contributed by atoms with Gasteiger partial charge in [-0.05, 0) is 39.2 Å². The summed E-state index contributed by atoms with van der Waals surface area (Å²) >= 11 is 1.73. The van der Waals surface area contributed by atoms with Crippen molar-refractivity contribution in [2.24, 2.45) is 5.73 Å². The van der Waals surface area contributed by atoms with Crippen molar-refractivity contribution in [2.75, 3.05) is 11.4 Å². The molecular weight excluding hydrogens is 256 g/mol. The fraction of sp³-hybridized carbons (Fsp3) is 0.571. The van der Waals surface area contributed by atoms with Gasteiger partial charge >= 0.3 is 0 Å². The van der Waals surface area contributed by atoms with Crippen molar-refractivity contribution < 1.29 is 0 Å². The van der Waals surface area contributed by atoms with Gasteiger partial charge in [0.25, 0.3) is 0 Å². The largest absolute Gasteiger partial charge is 0.349 e. The standard InChI is InChI=1S/C14H20N4S/c1-9-4-3-5-11(7-15)18(9)13-12-6-10(2)19-14(12)17-8-16-13/h6,8-9,11H,3-5,7,15H2,1-2H3. The van der Waals surface area contributed by atoms with Crippen LogP contribution in [0.2, 0.25) is 0 Å². The van der Waals surface area contributed by atoms with Gasteiger partial charge in [0.1, 0.15) is 17.0 Å². The van der Waals surface area contributed by atoms with Crippen LogP contribution >= 0.6 is 11.3 Å². The van der Waals surface area contributed by atoms with Crippen LogP contribution in [0, 0.1) is 6.92 Å². The second-order valence-electron chi connectivity index (χ2n) is 5.35. The number of aryl methyl sites for hydroxylation is 1. The Kier molecular flexibility index (Phi) is 3.41. The van der Waals surface area contributed by atoms with E-state index >= 15 is 0 Å². The van der Waals surface area contributed by atoms with Gasteiger partial charge in [-0.15, -0.1) is 11.3 Å². The highest BCUT2D eigenvalue weighted by molar-refractivity contribution is 7.18. The highest BCUT2D eigenvalue weighted by atomic mass is 32.1. The summed E-state index contributed by atoms with van der Waals surface area (Å²) in [5.74, 6) is 1.07. The summed E-state index contributed by atoms with van der Waals surface area (Å²) in [5.41, 5.74) is 5.96. The van der Waals surface area contributed by atoms with Crippen LogP contribution in [0.1, 0.15) is 31.1 Å². The molecule has 1 fully saturated rings. The van der Waals surface area contributed by atoms with Crippen LogP contribution in [-0.2, 0) is 0 Å². The predicted molar refractivity (Wildman–Crippen MR) is 80.8 cm³/mol. The number of thiophene rings is 1. The Morgan fingerprint density at radius 2 is 2.26 bits per heavy atom. The van der Waals surface area contributed by atoms with E-state index in [1.165, 1.54) is 23.1 Å². The van der Waals surface area contributed by atoms with E-state index in [4.69, 9.17) is 5.73 Å². The summed E-state index contributed by atoms with van der Waals surface area (Å²) in [6, 6.07) is 3.10. The van der Waals surface area contributed by atoms with E-state index in [9.17, 15) is 0 Å². The van der Waals surface area contributed by atoms with Crippen LogP contribution in [0.25, 0.3) is 10.2 Å². The Labute approximate surface area is 117 Å². The Hall–Kier alpha value is -1.20. The van der Waals surface area contributed by atoms with Crippen LogP contribution < -0.4 is 10.6 Å². The van der Waals surface area contributed by atoms with Gasteiger partial charge in [0.2, 0.25) is 0 Å². The minimum absolute atomic E-state index is 0.405. The lowest BCUT2D eigenvalue weighted by atomic mass is 9.96. The zero-order chi connectivity index (χ0) is 13.4. The molecule has 4 nitrogen and oxygen atoms in total. The predicted octanol–water partition coefficient (Wildman–Crippen LogP) is 2.71. The molecule has 1 aliphatic rings.